The van der Waals surface area contributed by atoms with Crippen LogP contribution < -0.4 is 10.1 Å². The number of piperidine rings is 1. The second-order valence-corrected chi connectivity index (χ2v) is 7.95. The molecule has 2 aromatic rings. The molecule has 5 heteroatoms. The summed E-state index contributed by atoms with van der Waals surface area (Å²) in [7, 11) is 0. The van der Waals surface area contributed by atoms with Gasteiger partial charge in [0.05, 0.1) is 11.7 Å². The van der Waals surface area contributed by atoms with E-state index in [2.05, 4.69) is 34.5 Å². The number of likely N-dealkylation sites (tertiary alicyclic amines) is 1. The summed E-state index contributed by atoms with van der Waals surface area (Å²) in [5, 5.41) is 3.21. The fourth-order valence-corrected chi connectivity index (χ4v) is 4.08. The molecule has 1 N–H and O–H groups in total. The zero-order chi connectivity index (χ0) is 19.9. The summed E-state index contributed by atoms with van der Waals surface area (Å²) < 4.78 is 11.5. The molecule has 2 saturated heterocycles. The van der Waals surface area contributed by atoms with E-state index in [4.69, 9.17) is 9.47 Å². The van der Waals surface area contributed by atoms with Crippen LogP contribution in [0.3, 0.4) is 0 Å². The zero-order valence-electron chi connectivity index (χ0n) is 16.9. The van der Waals surface area contributed by atoms with Crippen LogP contribution in [0.25, 0.3) is 0 Å². The topological polar surface area (TPSA) is 50.8 Å². The van der Waals surface area contributed by atoms with E-state index in [-0.39, 0.29) is 18.1 Å². The summed E-state index contributed by atoms with van der Waals surface area (Å²) in [5.41, 5.74) is 1.95. The minimum Gasteiger partial charge on any atom is -0.490 e. The van der Waals surface area contributed by atoms with Crippen LogP contribution in [0, 0.1) is 0 Å². The molecule has 2 fully saturated rings. The van der Waals surface area contributed by atoms with Crippen molar-refractivity contribution in [3.05, 3.63) is 65.7 Å². The third-order valence-electron chi connectivity index (χ3n) is 5.75. The molecule has 29 heavy (non-hydrogen) atoms. The largest absolute Gasteiger partial charge is 0.490 e. The van der Waals surface area contributed by atoms with E-state index in [0.29, 0.717) is 17.9 Å². The van der Waals surface area contributed by atoms with Gasteiger partial charge in [-0.25, -0.2) is 0 Å². The van der Waals surface area contributed by atoms with E-state index in [1.54, 1.807) is 0 Å². The van der Waals surface area contributed by atoms with Crippen LogP contribution in [0.2, 0.25) is 0 Å². The van der Waals surface area contributed by atoms with Gasteiger partial charge in [0.15, 0.2) is 0 Å². The average molecular weight is 395 g/mol. The highest BCUT2D eigenvalue weighted by Gasteiger charge is 2.23. The minimum absolute atomic E-state index is 0.0468. The Hall–Kier alpha value is -2.37. The van der Waals surface area contributed by atoms with Gasteiger partial charge in [0.1, 0.15) is 12.4 Å². The van der Waals surface area contributed by atoms with Gasteiger partial charge in [-0.15, -0.1) is 0 Å². The molecule has 5 nitrogen and oxygen atoms in total. The highest BCUT2D eigenvalue weighted by Crippen LogP contribution is 2.21. The summed E-state index contributed by atoms with van der Waals surface area (Å²) >= 11 is 0. The number of hydrogen-bond acceptors (Lipinski definition) is 4. The summed E-state index contributed by atoms with van der Waals surface area (Å²) in [5.74, 6) is 0.594. The zero-order valence-corrected chi connectivity index (χ0v) is 16.9. The van der Waals surface area contributed by atoms with Gasteiger partial charge in [0, 0.05) is 32.3 Å². The van der Waals surface area contributed by atoms with Crippen LogP contribution in [-0.2, 0) is 11.3 Å². The van der Waals surface area contributed by atoms with Gasteiger partial charge in [-0.05, 0) is 43.4 Å². The van der Waals surface area contributed by atoms with Crippen molar-refractivity contribution in [1.82, 2.24) is 10.2 Å². The van der Waals surface area contributed by atoms with Crippen molar-refractivity contribution in [2.45, 2.75) is 44.4 Å². The Kier molecular flexibility index (Phi) is 6.80. The second-order valence-electron chi connectivity index (χ2n) is 7.95. The fourth-order valence-electron chi connectivity index (χ4n) is 4.08. The van der Waals surface area contributed by atoms with Crippen LogP contribution in [-0.4, -0.2) is 49.3 Å². The van der Waals surface area contributed by atoms with Gasteiger partial charge in [-0.3, -0.25) is 9.69 Å². The molecule has 0 bridgehead atoms. The molecule has 0 spiro atoms. The standard InChI is InChI=1S/C24H30N2O3/c27-24(22-10-4-5-11-23(22)29-18-21-9-6-16-28-21)25-20-12-14-26(15-13-20)17-19-7-2-1-3-8-19/h1-5,7-8,10-11,20-21H,6,9,12-18H2,(H,25,27)/t21-/m1/s1. The smallest absolute Gasteiger partial charge is 0.255 e. The number of hydrogen-bond donors (Lipinski definition) is 1. The average Bonchev–Trinajstić information content (AvgIpc) is 3.28. The molecule has 154 valence electrons. The van der Waals surface area contributed by atoms with Crippen molar-refractivity contribution in [1.29, 1.82) is 0 Å². The Morgan fingerprint density at radius 3 is 2.55 bits per heavy atom. The molecule has 0 radical (unpaired) electrons. The highest BCUT2D eigenvalue weighted by atomic mass is 16.5. The first-order chi connectivity index (χ1) is 14.3. The molecular formula is C24H30N2O3. The number of benzene rings is 2. The Bertz CT molecular complexity index is 782. The lowest BCUT2D eigenvalue weighted by Crippen LogP contribution is -2.44. The maximum absolute atomic E-state index is 12.9. The van der Waals surface area contributed by atoms with Crippen LogP contribution >= 0.6 is 0 Å². The Labute approximate surface area is 173 Å². The monoisotopic (exact) mass is 394 g/mol. The van der Waals surface area contributed by atoms with Gasteiger partial charge in [-0.1, -0.05) is 42.5 Å². The lowest BCUT2D eigenvalue weighted by Gasteiger charge is -2.32. The maximum Gasteiger partial charge on any atom is 0.255 e. The fraction of sp³-hybridized carbons (Fsp3) is 0.458. The summed E-state index contributed by atoms with van der Waals surface area (Å²) in [6.07, 6.45) is 4.18. The first kappa shape index (κ1) is 19.9. The van der Waals surface area contributed by atoms with Gasteiger partial charge in [-0.2, -0.15) is 0 Å². The van der Waals surface area contributed by atoms with Gasteiger partial charge in [0.25, 0.3) is 5.91 Å². The number of para-hydroxylation sites is 1. The molecule has 0 aromatic heterocycles. The van der Waals surface area contributed by atoms with E-state index in [9.17, 15) is 4.79 Å². The molecule has 2 aromatic carbocycles. The Morgan fingerprint density at radius 2 is 1.79 bits per heavy atom. The summed E-state index contributed by atoms with van der Waals surface area (Å²) in [6.45, 7) is 4.27. The number of rotatable bonds is 7. The van der Waals surface area contributed by atoms with E-state index in [1.165, 1.54) is 5.56 Å². The van der Waals surface area contributed by atoms with Crippen LogP contribution in [0.5, 0.6) is 5.75 Å². The van der Waals surface area contributed by atoms with Crippen LogP contribution in [0.15, 0.2) is 54.6 Å². The Balaban J connectivity index is 1.27. The van der Waals surface area contributed by atoms with Crippen molar-refractivity contribution in [3.63, 3.8) is 0 Å². The Morgan fingerprint density at radius 1 is 1.03 bits per heavy atom. The number of carbonyl (C=O) groups is 1. The van der Waals surface area contributed by atoms with Crippen LogP contribution in [0.4, 0.5) is 0 Å². The third kappa shape index (κ3) is 5.58. The molecule has 2 aliphatic rings. The van der Waals surface area contributed by atoms with E-state index >= 15 is 0 Å². The highest BCUT2D eigenvalue weighted by molar-refractivity contribution is 5.97. The predicted octanol–water partition coefficient (Wildman–Crippen LogP) is 3.64. The molecule has 2 aliphatic heterocycles. The first-order valence-corrected chi connectivity index (χ1v) is 10.7. The number of nitrogens with one attached hydrogen (secondary N) is 1. The van der Waals surface area contributed by atoms with Crippen molar-refractivity contribution in [2.75, 3.05) is 26.3 Å². The van der Waals surface area contributed by atoms with Crippen LogP contribution in [0.1, 0.15) is 41.6 Å². The maximum atomic E-state index is 12.9. The molecule has 2 heterocycles. The van der Waals surface area contributed by atoms with E-state index in [0.717, 1.165) is 51.9 Å². The van der Waals surface area contributed by atoms with Gasteiger partial charge < -0.3 is 14.8 Å². The first-order valence-electron chi connectivity index (χ1n) is 10.7. The number of amides is 1. The van der Waals surface area contributed by atoms with Crippen molar-refractivity contribution in [3.8, 4) is 5.75 Å². The molecule has 0 aliphatic carbocycles. The molecule has 1 atom stereocenters. The molecule has 0 saturated carbocycles. The third-order valence-corrected chi connectivity index (χ3v) is 5.75. The molecule has 4 rings (SSSR count). The summed E-state index contributed by atoms with van der Waals surface area (Å²) in [4.78, 5) is 15.3. The molecule has 0 unspecified atom stereocenters. The normalized spacial score (nSPS) is 20.5. The SMILES string of the molecule is O=C(NC1CCN(Cc2ccccc2)CC1)c1ccccc1OC[C@H]1CCCO1. The van der Waals surface area contributed by atoms with Crippen molar-refractivity contribution >= 4 is 5.91 Å². The summed E-state index contributed by atoms with van der Waals surface area (Å²) in [6, 6.07) is 18.3. The number of ether oxygens (including phenoxy) is 2. The predicted molar refractivity (Wildman–Crippen MR) is 113 cm³/mol. The van der Waals surface area contributed by atoms with Crippen molar-refractivity contribution in [2.24, 2.45) is 0 Å². The van der Waals surface area contributed by atoms with Gasteiger partial charge in [0.2, 0.25) is 0 Å². The quantitative estimate of drug-likeness (QED) is 0.779. The second kappa shape index (κ2) is 9.90. The molecule has 1 amide bonds. The number of nitrogens with zero attached hydrogens (tertiary/aromatic N) is 1. The number of carbonyl (C=O) groups excluding carboxylic acids is 1. The minimum atomic E-state index is -0.0468. The van der Waals surface area contributed by atoms with Crippen molar-refractivity contribution < 1.29 is 14.3 Å². The lowest BCUT2D eigenvalue weighted by atomic mass is 10.0. The van der Waals surface area contributed by atoms with Gasteiger partial charge >= 0.3 is 0 Å². The molecular weight excluding hydrogens is 364 g/mol. The van der Waals surface area contributed by atoms with E-state index < -0.39 is 0 Å². The van der Waals surface area contributed by atoms with E-state index in [1.807, 2.05) is 30.3 Å². The lowest BCUT2D eigenvalue weighted by molar-refractivity contribution is 0.0669.